The highest BCUT2D eigenvalue weighted by Crippen LogP contribution is 2.16. The van der Waals surface area contributed by atoms with E-state index in [2.05, 4.69) is 10.5 Å². The molecule has 1 aromatic carbocycles. The molecule has 0 aliphatic carbocycles. The Bertz CT molecular complexity index is 734. The number of carbonyl (C=O) groups is 2. The van der Waals surface area contributed by atoms with Gasteiger partial charge in [0.15, 0.2) is 5.82 Å². The van der Waals surface area contributed by atoms with Crippen LogP contribution in [0.3, 0.4) is 0 Å². The zero-order valence-corrected chi connectivity index (χ0v) is 13.4. The highest BCUT2D eigenvalue weighted by molar-refractivity contribution is 5.97. The highest BCUT2D eigenvalue weighted by atomic mass is 16.5. The molecule has 0 atom stereocenters. The van der Waals surface area contributed by atoms with Crippen molar-refractivity contribution < 1.29 is 14.1 Å². The fraction of sp³-hybridized carbons (Fsp3) is 0.294. The summed E-state index contributed by atoms with van der Waals surface area (Å²) in [5, 5.41) is 15.0. The van der Waals surface area contributed by atoms with Crippen molar-refractivity contribution in [1.82, 2.24) is 5.16 Å². The molecule has 7 heteroatoms. The first-order valence-corrected chi connectivity index (χ1v) is 7.55. The van der Waals surface area contributed by atoms with Crippen LogP contribution in [0, 0.1) is 18.3 Å². The lowest BCUT2D eigenvalue weighted by Crippen LogP contribution is -2.32. The average Bonchev–Trinajstić information content (AvgIpc) is 2.99. The van der Waals surface area contributed by atoms with Crippen molar-refractivity contribution in [1.29, 1.82) is 5.26 Å². The van der Waals surface area contributed by atoms with E-state index in [-0.39, 0.29) is 31.1 Å². The van der Waals surface area contributed by atoms with Crippen LogP contribution in [-0.4, -0.2) is 23.5 Å². The summed E-state index contributed by atoms with van der Waals surface area (Å²) in [5.41, 5.74) is 0.713. The van der Waals surface area contributed by atoms with E-state index in [1.165, 1.54) is 4.90 Å². The van der Waals surface area contributed by atoms with Gasteiger partial charge in [0.25, 0.3) is 0 Å². The number of nitriles is 1. The number of benzene rings is 1. The fourth-order valence-electron chi connectivity index (χ4n) is 2.15. The number of para-hydroxylation sites is 1. The molecule has 0 aliphatic heterocycles. The molecular weight excluding hydrogens is 308 g/mol. The van der Waals surface area contributed by atoms with Crippen molar-refractivity contribution in [3.63, 3.8) is 0 Å². The van der Waals surface area contributed by atoms with E-state index < -0.39 is 0 Å². The van der Waals surface area contributed by atoms with Crippen LogP contribution >= 0.6 is 0 Å². The van der Waals surface area contributed by atoms with Crippen molar-refractivity contribution in [2.75, 3.05) is 16.8 Å². The summed E-state index contributed by atoms with van der Waals surface area (Å²) >= 11 is 0. The quantitative estimate of drug-likeness (QED) is 0.843. The molecule has 0 unspecified atom stereocenters. The first kappa shape index (κ1) is 17.2. The number of anilines is 2. The third-order valence-corrected chi connectivity index (χ3v) is 3.28. The van der Waals surface area contributed by atoms with Crippen molar-refractivity contribution >= 4 is 23.3 Å². The molecule has 1 aromatic heterocycles. The summed E-state index contributed by atoms with van der Waals surface area (Å²) < 4.78 is 4.86. The summed E-state index contributed by atoms with van der Waals surface area (Å²) in [5.74, 6) is 0.398. The van der Waals surface area contributed by atoms with Gasteiger partial charge in [0.05, 0.1) is 12.5 Å². The van der Waals surface area contributed by atoms with E-state index in [1.54, 1.807) is 25.1 Å². The third kappa shape index (κ3) is 4.95. The standard InChI is InChI=1S/C17H18N4O3/c1-13-12-15(20-24-13)19-16(22)8-9-17(23)21(11-5-10-18)14-6-3-2-4-7-14/h2-4,6-7,12H,5,8-9,11H2,1H3,(H,19,20,22). The number of aromatic nitrogens is 1. The molecule has 0 aliphatic rings. The van der Waals surface area contributed by atoms with E-state index >= 15 is 0 Å². The fourth-order valence-corrected chi connectivity index (χ4v) is 2.15. The lowest BCUT2D eigenvalue weighted by molar-refractivity contribution is -0.122. The lowest BCUT2D eigenvalue weighted by Gasteiger charge is -2.21. The van der Waals surface area contributed by atoms with Gasteiger partial charge in [0.1, 0.15) is 5.76 Å². The Morgan fingerprint density at radius 2 is 2.04 bits per heavy atom. The predicted molar refractivity (Wildman–Crippen MR) is 88.1 cm³/mol. The van der Waals surface area contributed by atoms with Gasteiger partial charge in [-0.25, -0.2) is 0 Å². The summed E-state index contributed by atoms with van der Waals surface area (Å²) in [6.45, 7) is 2.02. The molecule has 1 heterocycles. The Hall–Kier alpha value is -3.14. The van der Waals surface area contributed by atoms with Gasteiger partial charge in [-0.1, -0.05) is 23.4 Å². The third-order valence-electron chi connectivity index (χ3n) is 3.28. The van der Waals surface area contributed by atoms with E-state index in [1.807, 2.05) is 24.3 Å². The smallest absolute Gasteiger partial charge is 0.227 e. The van der Waals surface area contributed by atoms with Crippen LogP contribution < -0.4 is 10.2 Å². The van der Waals surface area contributed by atoms with Gasteiger partial charge in [-0.3, -0.25) is 9.59 Å². The maximum absolute atomic E-state index is 12.4. The summed E-state index contributed by atoms with van der Waals surface area (Å²) in [4.78, 5) is 25.8. The molecule has 0 radical (unpaired) electrons. The number of aryl methyl sites for hydroxylation is 1. The summed E-state index contributed by atoms with van der Waals surface area (Å²) in [6.07, 6.45) is 0.300. The van der Waals surface area contributed by atoms with Gasteiger partial charge >= 0.3 is 0 Å². The maximum Gasteiger partial charge on any atom is 0.227 e. The van der Waals surface area contributed by atoms with Crippen LogP contribution in [0.4, 0.5) is 11.5 Å². The van der Waals surface area contributed by atoms with E-state index in [4.69, 9.17) is 9.78 Å². The number of amides is 2. The Morgan fingerprint density at radius 1 is 1.29 bits per heavy atom. The van der Waals surface area contributed by atoms with Gasteiger partial charge in [0, 0.05) is 31.1 Å². The second-order valence-corrected chi connectivity index (χ2v) is 5.16. The normalized spacial score (nSPS) is 10.0. The zero-order chi connectivity index (χ0) is 17.4. The minimum atomic E-state index is -0.315. The summed E-state index contributed by atoms with van der Waals surface area (Å²) in [7, 11) is 0. The lowest BCUT2D eigenvalue weighted by atomic mass is 10.2. The van der Waals surface area contributed by atoms with Crippen LogP contribution in [0.2, 0.25) is 0 Å². The van der Waals surface area contributed by atoms with Crippen molar-refractivity contribution in [3.05, 3.63) is 42.2 Å². The molecule has 2 aromatic rings. The molecule has 0 saturated heterocycles. The Morgan fingerprint density at radius 3 is 2.67 bits per heavy atom. The van der Waals surface area contributed by atoms with Crippen LogP contribution in [0.15, 0.2) is 40.9 Å². The van der Waals surface area contributed by atoms with Gasteiger partial charge in [-0.15, -0.1) is 0 Å². The molecule has 0 spiro atoms. The molecule has 1 N–H and O–H groups in total. The van der Waals surface area contributed by atoms with E-state index in [9.17, 15) is 9.59 Å². The number of nitrogens with one attached hydrogen (secondary N) is 1. The molecule has 0 fully saturated rings. The molecular formula is C17H18N4O3. The van der Waals surface area contributed by atoms with Gasteiger partial charge in [-0.2, -0.15) is 5.26 Å². The SMILES string of the molecule is Cc1cc(NC(=O)CCC(=O)N(CCC#N)c2ccccc2)no1. The number of hydrogen-bond donors (Lipinski definition) is 1. The monoisotopic (exact) mass is 326 g/mol. The first-order chi connectivity index (χ1) is 11.6. The molecule has 2 amide bonds. The highest BCUT2D eigenvalue weighted by Gasteiger charge is 2.17. The molecule has 7 nitrogen and oxygen atoms in total. The minimum Gasteiger partial charge on any atom is -0.360 e. The maximum atomic E-state index is 12.4. The first-order valence-electron chi connectivity index (χ1n) is 7.55. The molecule has 24 heavy (non-hydrogen) atoms. The summed E-state index contributed by atoms with van der Waals surface area (Å²) in [6, 6.07) is 12.7. The largest absolute Gasteiger partial charge is 0.360 e. The second kappa shape index (κ2) is 8.48. The topological polar surface area (TPSA) is 99.2 Å². The van der Waals surface area contributed by atoms with E-state index in [0.29, 0.717) is 23.8 Å². The van der Waals surface area contributed by atoms with Crippen molar-refractivity contribution in [2.24, 2.45) is 0 Å². The zero-order valence-electron chi connectivity index (χ0n) is 13.4. The van der Waals surface area contributed by atoms with Crippen LogP contribution in [0.1, 0.15) is 25.0 Å². The average molecular weight is 326 g/mol. The number of nitrogens with zero attached hydrogens (tertiary/aromatic N) is 3. The number of rotatable bonds is 7. The molecule has 0 bridgehead atoms. The molecule has 0 saturated carbocycles. The Balaban J connectivity index is 1.92. The van der Waals surface area contributed by atoms with Crippen molar-refractivity contribution in [2.45, 2.75) is 26.2 Å². The molecule has 2 rings (SSSR count). The van der Waals surface area contributed by atoms with Crippen LogP contribution in [-0.2, 0) is 9.59 Å². The Kier molecular flexibility index (Phi) is 6.08. The predicted octanol–water partition coefficient (Wildman–Crippen LogP) is 2.65. The molecule has 124 valence electrons. The van der Waals surface area contributed by atoms with Crippen molar-refractivity contribution in [3.8, 4) is 6.07 Å². The number of carbonyl (C=O) groups excluding carboxylic acids is 2. The van der Waals surface area contributed by atoms with Gasteiger partial charge in [-0.05, 0) is 19.1 Å². The minimum absolute atomic E-state index is 0.0284. The van der Waals surface area contributed by atoms with Gasteiger partial charge < -0.3 is 14.7 Å². The Labute approximate surface area is 139 Å². The number of hydrogen-bond acceptors (Lipinski definition) is 5. The second-order valence-electron chi connectivity index (χ2n) is 5.16. The van der Waals surface area contributed by atoms with E-state index in [0.717, 1.165) is 0 Å². The van der Waals surface area contributed by atoms with Gasteiger partial charge in [0.2, 0.25) is 11.8 Å². The van der Waals surface area contributed by atoms with Crippen LogP contribution in [0.5, 0.6) is 0 Å². The van der Waals surface area contributed by atoms with Crippen LogP contribution in [0.25, 0.3) is 0 Å².